The first-order chi connectivity index (χ1) is 9.03. The Morgan fingerprint density at radius 2 is 2.26 bits per heavy atom. The summed E-state index contributed by atoms with van der Waals surface area (Å²) in [5.74, 6) is 1.57. The van der Waals surface area contributed by atoms with Crippen molar-refractivity contribution in [2.45, 2.75) is 64.5 Å². The maximum Gasteiger partial charge on any atom is 0.138 e. The van der Waals surface area contributed by atoms with E-state index in [1.165, 1.54) is 19.3 Å². The number of pyridine rings is 1. The first-order valence-electron chi connectivity index (χ1n) is 7.44. The fraction of sp³-hybridized carbons (Fsp3) is 0.688. The van der Waals surface area contributed by atoms with Crippen LogP contribution in [0.4, 0.5) is 0 Å². The molecule has 1 aliphatic rings. The van der Waals surface area contributed by atoms with Gasteiger partial charge in [-0.3, -0.25) is 4.98 Å². The highest BCUT2D eigenvalue weighted by molar-refractivity contribution is 5.30. The zero-order chi connectivity index (χ0) is 13.9. The lowest BCUT2D eigenvalue weighted by atomic mass is 9.72. The van der Waals surface area contributed by atoms with Gasteiger partial charge in [0.2, 0.25) is 0 Å². The van der Waals surface area contributed by atoms with Gasteiger partial charge >= 0.3 is 0 Å². The third kappa shape index (κ3) is 3.47. The monoisotopic (exact) mass is 262 g/mol. The minimum absolute atomic E-state index is 0.167. The second kappa shape index (κ2) is 5.91. The Kier molecular flexibility index (Phi) is 4.46. The molecule has 3 nitrogen and oxygen atoms in total. The molecular formula is C16H26N2O. The zero-order valence-electron chi connectivity index (χ0n) is 12.4. The minimum atomic E-state index is -0.220. The van der Waals surface area contributed by atoms with Crippen molar-refractivity contribution in [2.75, 3.05) is 0 Å². The summed E-state index contributed by atoms with van der Waals surface area (Å²) in [4.78, 5) is 4.30. The van der Waals surface area contributed by atoms with Crippen LogP contribution in [0.2, 0.25) is 0 Å². The molecule has 0 spiro atoms. The smallest absolute Gasteiger partial charge is 0.138 e. The number of ether oxygens (including phenoxy) is 1. The summed E-state index contributed by atoms with van der Waals surface area (Å²) in [7, 11) is 0. The van der Waals surface area contributed by atoms with Crippen LogP contribution in [-0.4, -0.2) is 11.1 Å². The topological polar surface area (TPSA) is 48.1 Å². The summed E-state index contributed by atoms with van der Waals surface area (Å²) in [6.45, 7) is 6.31. The van der Waals surface area contributed by atoms with E-state index in [2.05, 4.69) is 18.0 Å². The third-order valence-corrected chi connectivity index (χ3v) is 4.13. The molecule has 1 saturated carbocycles. The van der Waals surface area contributed by atoms with E-state index in [4.69, 9.17) is 10.5 Å². The van der Waals surface area contributed by atoms with Crippen LogP contribution in [0.3, 0.4) is 0 Å². The summed E-state index contributed by atoms with van der Waals surface area (Å²) in [5.41, 5.74) is 7.56. The predicted molar refractivity (Wildman–Crippen MR) is 78.1 cm³/mol. The van der Waals surface area contributed by atoms with Crippen LogP contribution in [0.1, 0.15) is 58.4 Å². The second-order valence-corrected chi connectivity index (χ2v) is 6.10. The van der Waals surface area contributed by atoms with E-state index in [0.717, 1.165) is 30.1 Å². The first-order valence-corrected chi connectivity index (χ1v) is 7.44. The van der Waals surface area contributed by atoms with E-state index in [0.29, 0.717) is 0 Å². The molecule has 0 bridgehead atoms. The molecule has 2 N–H and O–H groups in total. The van der Waals surface area contributed by atoms with Gasteiger partial charge in [-0.1, -0.05) is 26.2 Å². The van der Waals surface area contributed by atoms with Crippen molar-refractivity contribution in [3.05, 3.63) is 24.0 Å². The van der Waals surface area contributed by atoms with Crippen LogP contribution in [0, 0.1) is 5.92 Å². The Bertz CT molecular complexity index is 419. The fourth-order valence-electron chi connectivity index (χ4n) is 3.06. The Hall–Kier alpha value is -1.09. The molecule has 3 heteroatoms. The van der Waals surface area contributed by atoms with Gasteiger partial charge in [-0.2, -0.15) is 0 Å². The molecule has 2 atom stereocenters. The maximum atomic E-state index is 6.65. The first kappa shape index (κ1) is 14.3. The summed E-state index contributed by atoms with van der Waals surface area (Å²) >= 11 is 0. The normalized spacial score (nSPS) is 27.5. The Morgan fingerprint density at radius 3 is 2.95 bits per heavy atom. The van der Waals surface area contributed by atoms with Crippen molar-refractivity contribution in [2.24, 2.45) is 11.7 Å². The van der Waals surface area contributed by atoms with Crippen LogP contribution in [0.5, 0.6) is 5.75 Å². The lowest BCUT2D eigenvalue weighted by molar-refractivity contribution is 0.217. The van der Waals surface area contributed by atoms with E-state index in [9.17, 15) is 0 Å². The highest BCUT2D eigenvalue weighted by Crippen LogP contribution is 2.39. The van der Waals surface area contributed by atoms with Crippen molar-refractivity contribution in [1.29, 1.82) is 0 Å². The SMILES string of the molecule is CCC1CCCC(N)(c2cncc(OC(C)C)c2)C1. The van der Waals surface area contributed by atoms with Gasteiger partial charge in [0.15, 0.2) is 0 Å². The van der Waals surface area contributed by atoms with E-state index in [1.807, 2.05) is 20.0 Å². The van der Waals surface area contributed by atoms with Crippen molar-refractivity contribution < 1.29 is 4.74 Å². The van der Waals surface area contributed by atoms with Crippen LogP contribution >= 0.6 is 0 Å². The van der Waals surface area contributed by atoms with Gasteiger partial charge < -0.3 is 10.5 Å². The average molecular weight is 262 g/mol. The van der Waals surface area contributed by atoms with Crippen molar-refractivity contribution in [3.63, 3.8) is 0 Å². The number of rotatable bonds is 4. The summed E-state index contributed by atoms with van der Waals surface area (Å²) in [6, 6.07) is 2.07. The highest BCUT2D eigenvalue weighted by Gasteiger charge is 2.34. The molecule has 2 unspecified atom stereocenters. The molecule has 0 aromatic carbocycles. The van der Waals surface area contributed by atoms with Crippen molar-refractivity contribution in [1.82, 2.24) is 4.98 Å². The van der Waals surface area contributed by atoms with E-state index in [-0.39, 0.29) is 11.6 Å². The van der Waals surface area contributed by atoms with Crippen LogP contribution < -0.4 is 10.5 Å². The van der Waals surface area contributed by atoms with Gasteiger partial charge in [0, 0.05) is 11.7 Å². The molecule has 0 aliphatic heterocycles. The maximum absolute atomic E-state index is 6.65. The third-order valence-electron chi connectivity index (χ3n) is 4.13. The molecule has 19 heavy (non-hydrogen) atoms. The number of nitrogens with two attached hydrogens (primary N) is 1. The molecule has 0 saturated heterocycles. The molecule has 2 rings (SSSR count). The molecule has 106 valence electrons. The lowest BCUT2D eigenvalue weighted by Crippen LogP contribution is -2.41. The Balaban J connectivity index is 2.19. The zero-order valence-corrected chi connectivity index (χ0v) is 12.4. The van der Waals surface area contributed by atoms with Gasteiger partial charge in [-0.15, -0.1) is 0 Å². The van der Waals surface area contributed by atoms with Crippen molar-refractivity contribution in [3.8, 4) is 5.75 Å². The van der Waals surface area contributed by atoms with E-state index < -0.39 is 0 Å². The summed E-state index contributed by atoms with van der Waals surface area (Å²) in [5, 5.41) is 0. The number of hydrogen-bond acceptors (Lipinski definition) is 3. The molecule has 1 aromatic heterocycles. The predicted octanol–water partition coefficient (Wildman–Crippen LogP) is 3.62. The van der Waals surface area contributed by atoms with Gasteiger partial charge in [0.1, 0.15) is 5.75 Å². The average Bonchev–Trinajstić information content (AvgIpc) is 2.38. The molecular weight excluding hydrogens is 236 g/mol. The molecule has 1 aromatic rings. The van der Waals surface area contributed by atoms with Crippen LogP contribution in [-0.2, 0) is 5.54 Å². The standard InChI is InChI=1S/C16H26N2O/c1-4-13-6-5-7-16(17,9-13)14-8-15(11-18-10-14)19-12(2)3/h8,10-13H,4-7,9,17H2,1-3H3. The fourth-order valence-corrected chi connectivity index (χ4v) is 3.06. The van der Waals surface area contributed by atoms with E-state index >= 15 is 0 Å². The molecule has 1 heterocycles. The Labute approximate surface area is 116 Å². The molecule has 1 aliphatic carbocycles. The number of hydrogen-bond donors (Lipinski definition) is 1. The molecule has 1 fully saturated rings. The second-order valence-electron chi connectivity index (χ2n) is 6.10. The minimum Gasteiger partial charge on any atom is -0.489 e. The molecule has 0 radical (unpaired) electrons. The van der Waals surface area contributed by atoms with Gasteiger partial charge in [0.25, 0.3) is 0 Å². The van der Waals surface area contributed by atoms with E-state index in [1.54, 1.807) is 6.20 Å². The highest BCUT2D eigenvalue weighted by atomic mass is 16.5. The lowest BCUT2D eigenvalue weighted by Gasteiger charge is -2.38. The number of nitrogens with zero attached hydrogens (tertiary/aromatic N) is 1. The van der Waals surface area contributed by atoms with Crippen LogP contribution in [0.15, 0.2) is 18.5 Å². The van der Waals surface area contributed by atoms with Gasteiger partial charge in [0.05, 0.1) is 12.3 Å². The van der Waals surface area contributed by atoms with Crippen LogP contribution in [0.25, 0.3) is 0 Å². The van der Waals surface area contributed by atoms with Gasteiger partial charge in [-0.25, -0.2) is 0 Å². The summed E-state index contributed by atoms with van der Waals surface area (Å²) in [6.07, 6.45) is 9.70. The van der Waals surface area contributed by atoms with Crippen molar-refractivity contribution >= 4 is 0 Å². The van der Waals surface area contributed by atoms with Gasteiger partial charge in [-0.05, 0) is 44.2 Å². The summed E-state index contributed by atoms with van der Waals surface area (Å²) < 4.78 is 5.73. The Morgan fingerprint density at radius 1 is 1.47 bits per heavy atom. The largest absolute Gasteiger partial charge is 0.489 e. The molecule has 0 amide bonds. The number of aromatic nitrogens is 1. The quantitative estimate of drug-likeness (QED) is 0.901.